The standard InChI is InChI=1S/C23H23ClN4O2S2.ClH/c1-30-19-9-8-18(24)22-21(19)26-23(32-22)28(12-3-11-27-13-10-25-15-27)20(29)14-16-4-6-17(31-2)7-5-16;/h4-10,13,15H,3,11-12,14H2,1-2H3;1H. The summed E-state index contributed by atoms with van der Waals surface area (Å²) in [6.45, 7) is 1.31. The number of amides is 1. The van der Waals surface area contributed by atoms with Crippen molar-refractivity contribution in [3.63, 3.8) is 0 Å². The number of aromatic nitrogens is 3. The number of nitrogens with zero attached hydrogens (tertiary/aromatic N) is 4. The third-order valence-corrected chi connectivity index (χ3v) is 7.35. The molecule has 6 nitrogen and oxygen atoms in total. The van der Waals surface area contributed by atoms with Gasteiger partial charge in [-0.05, 0) is 42.5 Å². The molecule has 0 aliphatic carbocycles. The Balaban J connectivity index is 0.00000306. The van der Waals surface area contributed by atoms with E-state index in [0.29, 0.717) is 34.4 Å². The van der Waals surface area contributed by atoms with Gasteiger partial charge in [-0.25, -0.2) is 9.97 Å². The predicted molar refractivity (Wildman–Crippen MR) is 140 cm³/mol. The highest BCUT2D eigenvalue weighted by atomic mass is 35.5. The molecule has 0 bridgehead atoms. The minimum atomic E-state index is 0. The van der Waals surface area contributed by atoms with Gasteiger partial charge in [-0.15, -0.1) is 24.2 Å². The van der Waals surface area contributed by atoms with Crippen LogP contribution in [-0.4, -0.2) is 40.4 Å². The number of methoxy groups -OCH3 is 1. The molecule has 0 aliphatic rings. The molecule has 10 heteroatoms. The van der Waals surface area contributed by atoms with E-state index in [-0.39, 0.29) is 18.3 Å². The molecule has 0 saturated carbocycles. The minimum absolute atomic E-state index is 0. The lowest BCUT2D eigenvalue weighted by molar-refractivity contribution is -0.118. The van der Waals surface area contributed by atoms with Crippen molar-refractivity contribution in [2.45, 2.75) is 24.3 Å². The lowest BCUT2D eigenvalue weighted by Gasteiger charge is -2.20. The number of aryl methyl sites for hydroxylation is 1. The predicted octanol–water partition coefficient (Wildman–Crippen LogP) is 5.96. The molecule has 33 heavy (non-hydrogen) atoms. The summed E-state index contributed by atoms with van der Waals surface area (Å²) in [5.74, 6) is 0.645. The first-order valence-electron chi connectivity index (χ1n) is 10.1. The summed E-state index contributed by atoms with van der Waals surface area (Å²) in [4.78, 5) is 25.1. The number of ether oxygens (including phenoxy) is 1. The fraction of sp³-hybridized carbons (Fsp3) is 0.261. The van der Waals surface area contributed by atoms with Crippen molar-refractivity contribution in [3.05, 3.63) is 65.7 Å². The van der Waals surface area contributed by atoms with Crippen molar-refractivity contribution in [2.24, 2.45) is 0 Å². The molecule has 0 radical (unpaired) electrons. The summed E-state index contributed by atoms with van der Waals surface area (Å²) < 4.78 is 8.27. The molecule has 0 N–H and O–H groups in total. The van der Waals surface area contributed by atoms with Gasteiger partial charge in [0.25, 0.3) is 0 Å². The Kier molecular flexibility index (Phi) is 9.02. The maximum absolute atomic E-state index is 13.4. The van der Waals surface area contributed by atoms with E-state index in [1.165, 1.54) is 16.2 Å². The second kappa shape index (κ2) is 11.7. The first kappa shape index (κ1) is 25.4. The molecule has 4 rings (SSSR count). The zero-order chi connectivity index (χ0) is 22.5. The number of benzene rings is 2. The lowest BCUT2D eigenvalue weighted by Crippen LogP contribution is -2.33. The molecule has 0 fully saturated rings. The van der Waals surface area contributed by atoms with Gasteiger partial charge in [0.05, 0.1) is 29.6 Å². The van der Waals surface area contributed by atoms with E-state index in [0.717, 1.165) is 23.2 Å². The van der Waals surface area contributed by atoms with Crippen molar-refractivity contribution < 1.29 is 9.53 Å². The van der Waals surface area contributed by atoms with Gasteiger partial charge in [0.15, 0.2) is 5.13 Å². The molecule has 0 spiro atoms. The van der Waals surface area contributed by atoms with Crippen LogP contribution in [0, 0.1) is 0 Å². The van der Waals surface area contributed by atoms with Crippen LogP contribution in [-0.2, 0) is 17.8 Å². The molecular weight excluding hydrogens is 499 g/mol. The fourth-order valence-corrected chi connectivity index (χ4v) is 5.10. The maximum Gasteiger partial charge on any atom is 0.233 e. The summed E-state index contributed by atoms with van der Waals surface area (Å²) in [5, 5.41) is 1.23. The van der Waals surface area contributed by atoms with Crippen LogP contribution in [0.2, 0.25) is 5.02 Å². The topological polar surface area (TPSA) is 60.2 Å². The van der Waals surface area contributed by atoms with E-state index in [4.69, 9.17) is 21.3 Å². The van der Waals surface area contributed by atoms with Crippen LogP contribution >= 0.6 is 47.1 Å². The lowest BCUT2D eigenvalue weighted by atomic mass is 10.1. The Morgan fingerprint density at radius 1 is 1.24 bits per heavy atom. The van der Waals surface area contributed by atoms with Crippen LogP contribution in [0.25, 0.3) is 10.2 Å². The molecule has 4 aromatic rings. The zero-order valence-corrected chi connectivity index (χ0v) is 21.4. The van der Waals surface area contributed by atoms with E-state index in [9.17, 15) is 4.79 Å². The highest BCUT2D eigenvalue weighted by Gasteiger charge is 2.22. The van der Waals surface area contributed by atoms with Gasteiger partial charge in [-0.3, -0.25) is 9.69 Å². The summed E-state index contributed by atoms with van der Waals surface area (Å²) in [7, 11) is 1.61. The summed E-state index contributed by atoms with van der Waals surface area (Å²) in [5.41, 5.74) is 1.65. The number of halogens is 2. The van der Waals surface area contributed by atoms with E-state index < -0.39 is 0 Å². The van der Waals surface area contributed by atoms with Crippen LogP contribution in [0.1, 0.15) is 12.0 Å². The van der Waals surface area contributed by atoms with Gasteiger partial charge in [0.1, 0.15) is 11.3 Å². The number of anilines is 1. The second-order valence-corrected chi connectivity index (χ2v) is 9.41. The third kappa shape index (κ3) is 6.00. The molecule has 2 aromatic carbocycles. The maximum atomic E-state index is 13.4. The Hall–Kier alpha value is -2.26. The van der Waals surface area contributed by atoms with Crippen molar-refractivity contribution in [1.82, 2.24) is 14.5 Å². The number of carbonyl (C=O) groups excluding carboxylic acids is 1. The number of hydrogen-bond acceptors (Lipinski definition) is 6. The van der Waals surface area contributed by atoms with Crippen LogP contribution < -0.4 is 9.64 Å². The van der Waals surface area contributed by atoms with Crippen LogP contribution in [0.15, 0.2) is 60.0 Å². The molecule has 174 valence electrons. The number of fused-ring (bicyclic) bond motifs is 1. The number of thiazole rings is 1. The SMILES string of the molecule is COc1ccc(Cl)c2sc(N(CCCn3ccnc3)C(=O)Cc3ccc(SC)cc3)nc12.Cl. The van der Waals surface area contributed by atoms with Gasteiger partial charge < -0.3 is 9.30 Å². The smallest absolute Gasteiger partial charge is 0.233 e. The van der Waals surface area contributed by atoms with Crippen molar-refractivity contribution in [1.29, 1.82) is 0 Å². The molecular formula is C23H24Cl2N4O2S2. The van der Waals surface area contributed by atoms with Crippen molar-refractivity contribution in [3.8, 4) is 5.75 Å². The van der Waals surface area contributed by atoms with E-state index in [1.807, 2.05) is 41.3 Å². The van der Waals surface area contributed by atoms with Crippen LogP contribution in [0.3, 0.4) is 0 Å². The molecule has 0 unspecified atom stereocenters. The van der Waals surface area contributed by atoms with Crippen molar-refractivity contribution in [2.75, 3.05) is 24.8 Å². The largest absolute Gasteiger partial charge is 0.494 e. The summed E-state index contributed by atoms with van der Waals surface area (Å²) in [6.07, 6.45) is 8.57. The van der Waals surface area contributed by atoms with Gasteiger partial charge >= 0.3 is 0 Å². The molecule has 2 aromatic heterocycles. The fourth-order valence-electron chi connectivity index (χ4n) is 3.39. The first-order valence-corrected chi connectivity index (χ1v) is 12.5. The average molecular weight is 524 g/mol. The quantitative estimate of drug-likeness (QED) is 0.253. The third-order valence-electron chi connectivity index (χ3n) is 5.07. The Morgan fingerprint density at radius 2 is 2.03 bits per heavy atom. The monoisotopic (exact) mass is 522 g/mol. The van der Waals surface area contributed by atoms with E-state index in [1.54, 1.807) is 48.4 Å². The van der Waals surface area contributed by atoms with E-state index in [2.05, 4.69) is 4.98 Å². The number of hydrogen-bond donors (Lipinski definition) is 0. The second-order valence-electron chi connectivity index (χ2n) is 7.15. The number of carbonyl (C=O) groups is 1. The van der Waals surface area contributed by atoms with Crippen molar-refractivity contribution >= 4 is 68.4 Å². The van der Waals surface area contributed by atoms with Gasteiger partial charge in [0.2, 0.25) is 5.91 Å². The molecule has 1 amide bonds. The number of rotatable bonds is 9. The number of thioether (sulfide) groups is 1. The Labute approximate surface area is 212 Å². The molecule has 0 aliphatic heterocycles. The normalized spacial score (nSPS) is 10.8. The van der Waals surface area contributed by atoms with E-state index >= 15 is 0 Å². The average Bonchev–Trinajstić information content (AvgIpc) is 3.48. The highest BCUT2D eigenvalue weighted by Crippen LogP contribution is 2.39. The Morgan fingerprint density at radius 3 is 2.70 bits per heavy atom. The molecule has 0 saturated heterocycles. The Bertz CT molecular complexity index is 1200. The zero-order valence-electron chi connectivity index (χ0n) is 18.2. The van der Waals surface area contributed by atoms with Crippen LogP contribution in [0.5, 0.6) is 5.75 Å². The highest BCUT2D eigenvalue weighted by molar-refractivity contribution is 7.98. The summed E-state index contributed by atoms with van der Waals surface area (Å²) >= 11 is 9.51. The summed E-state index contributed by atoms with van der Waals surface area (Å²) in [6, 6.07) is 11.7. The van der Waals surface area contributed by atoms with Gasteiger partial charge in [-0.2, -0.15) is 0 Å². The molecule has 0 atom stereocenters. The van der Waals surface area contributed by atoms with Gasteiger partial charge in [-0.1, -0.05) is 35.1 Å². The molecule has 2 heterocycles. The van der Waals surface area contributed by atoms with Crippen LogP contribution in [0.4, 0.5) is 5.13 Å². The van der Waals surface area contributed by atoms with Gasteiger partial charge in [0, 0.05) is 30.4 Å². The number of imidazole rings is 1. The first-order chi connectivity index (χ1) is 15.6. The minimum Gasteiger partial charge on any atom is -0.494 e.